The van der Waals surface area contributed by atoms with E-state index in [4.69, 9.17) is 11.2 Å². The van der Waals surface area contributed by atoms with Crippen LogP contribution in [-0.4, -0.2) is 26.3 Å². The van der Waals surface area contributed by atoms with E-state index in [9.17, 15) is 0 Å². The van der Waals surface area contributed by atoms with Gasteiger partial charge in [-0.15, -0.1) is 6.42 Å². The van der Waals surface area contributed by atoms with Crippen LogP contribution in [0.25, 0.3) is 0 Å². The lowest BCUT2D eigenvalue weighted by atomic mass is 10.5. The number of rotatable bonds is 6. The molecule has 0 aromatic carbocycles. The minimum Gasteiger partial charge on any atom is -0.367 e. The van der Waals surface area contributed by atoms with Crippen molar-refractivity contribution in [1.82, 2.24) is 5.32 Å². The summed E-state index contributed by atoms with van der Waals surface area (Å²) in [6.45, 7) is 5.22. The standard InChI is InChI=1S/C8H15NO/c1-3-5-9-6-8-10-7-4-2/h2,9H,3,5-8H2,1H3. The second-order valence-corrected chi connectivity index (χ2v) is 2.01. The molecule has 0 aromatic rings. The summed E-state index contributed by atoms with van der Waals surface area (Å²) in [6.07, 6.45) is 6.14. The zero-order chi connectivity index (χ0) is 7.66. The third kappa shape index (κ3) is 7.48. The van der Waals surface area contributed by atoms with Crippen LogP contribution in [0.5, 0.6) is 0 Å². The van der Waals surface area contributed by atoms with Gasteiger partial charge in [0.15, 0.2) is 0 Å². The average molecular weight is 141 g/mol. The van der Waals surface area contributed by atoms with Crippen molar-refractivity contribution in [3.05, 3.63) is 0 Å². The molecule has 0 saturated carbocycles. The second-order valence-electron chi connectivity index (χ2n) is 2.01. The van der Waals surface area contributed by atoms with E-state index >= 15 is 0 Å². The Bertz CT molecular complexity index is 95.9. The minimum absolute atomic E-state index is 0.424. The summed E-state index contributed by atoms with van der Waals surface area (Å²) in [5, 5.41) is 3.20. The summed E-state index contributed by atoms with van der Waals surface area (Å²) in [5.74, 6) is 2.41. The van der Waals surface area contributed by atoms with Gasteiger partial charge in [-0.25, -0.2) is 0 Å². The van der Waals surface area contributed by atoms with Gasteiger partial charge in [-0.1, -0.05) is 12.8 Å². The highest BCUT2D eigenvalue weighted by Gasteiger charge is 1.83. The number of nitrogens with one attached hydrogen (secondary N) is 1. The molecule has 2 heteroatoms. The Morgan fingerprint density at radius 1 is 1.50 bits per heavy atom. The molecule has 0 radical (unpaired) electrons. The third-order valence-corrected chi connectivity index (χ3v) is 1.04. The molecule has 10 heavy (non-hydrogen) atoms. The fourth-order valence-electron chi connectivity index (χ4n) is 0.577. The molecular formula is C8H15NO. The second kappa shape index (κ2) is 8.48. The number of ether oxygens (including phenoxy) is 1. The SMILES string of the molecule is C#CCOCCNCCC. The maximum absolute atomic E-state index is 5.03. The highest BCUT2D eigenvalue weighted by atomic mass is 16.5. The summed E-state index contributed by atoms with van der Waals surface area (Å²) >= 11 is 0. The van der Waals surface area contributed by atoms with E-state index in [0.29, 0.717) is 13.2 Å². The zero-order valence-corrected chi connectivity index (χ0v) is 6.52. The van der Waals surface area contributed by atoms with Crippen LogP contribution in [0.1, 0.15) is 13.3 Å². The number of hydrogen-bond acceptors (Lipinski definition) is 2. The van der Waals surface area contributed by atoms with Crippen LogP contribution in [0.4, 0.5) is 0 Å². The van der Waals surface area contributed by atoms with Gasteiger partial charge in [0.1, 0.15) is 6.61 Å². The van der Waals surface area contributed by atoms with Crippen molar-refractivity contribution in [2.75, 3.05) is 26.3 Å². The first kappa shape index (κ1) is 9.48. The molecular weight excluding hydrogens is 126 g/mol. The van der Waals surface area contributed by atoms with E-state index < -0.39 is 0 Å². The molecule has 0 aliphatic carbocycles. The quantitative estimate of drug-likeness (QED) is 0.433. The van der Waals surface area contributed by atoms with Crippen molar-refractivity contribution in [3.8, 4) is 12.3 Å². The molecule has 58 valence electrons. The van der Waals surface area contributed by atoms with E-state index in [1.807, 2.05) is 0 Å². The molecule has 0 amide bonds. The van der Waals surface area contributed by atoms with Gasteiger partial charge in [0, 0.05) is 6.54 Å². The van der Waals surface area contributed by atoms with Crippen molar-refractivity contribution in [2.45, 2.75) is 13.3 Å². The Kier molecular flexibility index (Phi) is 8.04. The summed E-state index contributed by atoms with van der Waals surface area (Å²) in [6, 6.07) is 0. The van der Waals surface area contributed by atoms with Gasteiger partial charge < -0.3 is 10.1 Å². The van der Waals surface area contributed by atoms with Gasteiger partial charge >= 0.3 is 0 Å². The molecule has 0 rings (SSSR count). The lowest BCUT2D eigenvalue weighted by Gasteiger charge is -2.00. The summed E-state index contributed by atoms with van der Waals surface area (Å²) in [7, 11) is 0. The predicted octanol–water partition coefficient (Wildman–Crippen LogP) is 0.636. The first-order valence-electron chi connectivity index (χ1n) is 3.63. The van der Waals surface area contributed by atoms with Crippen LogP contribution in [0.2, 0.25) is 0 Å². The number of terminal acetylenes is 1. The van der Waals surface area contributed by atoms with Crippen LogP contribution in [0.3, 0.4) is 0 Å². The van der Waals surface area contributed by atoms with Crippen molar-refractivity contribution in [2.24, 2.45) is 0 Å². The molecule has 0 spiro atoms. The van der Waals surface area contributed by atoms with Crippen molar-refractivity contribution in [3.63, 3.8) is 0 Å². The Morgan fingerprint density at radius 3 is 2.90 bits per heavy atom. The van der Waals surface area contributed by atoms with Crippen molar-refractivity contribution < 1.29 is 4.74 Å². The van der Waals surface area contributed by atoms with E-state index in [1.54, 1.807) is 0 Å². The lowest BCUT2D eigenvalue weighted by molar-refractivity contribution is 0.169. The molecule has 2 nitrogen and oxygen atoms in total. The van der Waals surface area contributed by atoms with Gasteiger partial charge in [-0.05, 0) is 13.0 Å². The molecule has 0 saturated heterocycles. The zero-order valence-electron chi connectivity index (χ0n) is 6.52. The average Bonchev–Trinajstić information content (AvgIpc) is 1.97. The molecule has 1 N–H and O–H groups in total. The fourth-order valence-corrected chi connectivity index (χ4v) is 0.577. The lowest BCUT2D eigenvalue weighted by Crippen LogP contribution is -2.20. The molecule has 0 aromatic heterocycles. The van der Waals surface area contributed by atoms with Crippen LogP contribution >= 0.6 is 0 Å². The Hall–Kier alpha value is -0.520. The molecule has 0 bridgehead atoms. The minimum atomic E-state index is 0.424. The Morgan fingerprint density at radius 2 is 2.30 bits per heavy atom. The summed E-state index contributed by atoms with van der Waals surface area (Å²) in [5.41, 5.74) is 0. The first-order valence-corrected chi connectivity index (χ1v) is 3.63. The van der Waals surface area contributed by atoms with Gasteiger partial charge in [0.25, 0.3) is 0 Å². The normalized spacial score (nSPS) is 9.20. The van der Waals surface area contributed by atoms with E-state index in [1.165, 1.54) is 0 Å². The summed E-state index contributed by atoms with van der Waals surface area (Å²) in [4.78, 5) is 0. The Balaban J connectivity index is 2.72. The first-order chi connectivity index (χ1) is 4.91. The van der Waals surface area contributed by atoms with Gasteiger partial charge in [-0.3, -0.25) is 0 Å². The summed E-state index contributed by atoms with van der Waals surface area (Å²) < 4.78 is 5.03. The van der Waals surface area contributed by atoms with Crippen LogP contribution < -0.4 is 5.32 Å². The molecule has 0 unspecified atom stereocenters. The largest absolute Gasteiger partial charge is 0.367 e. The van der Waals surface area contributed by atoms with Crippen molar-refractivity contribution >= 4 is 0 Å². The maximum atomic E-state index is 5.03. The van der Waals surface area contributed by atoms with Crippen molar-refractivity contribution in [1.29, 1.82) is 0 Å². The van der Waals surface area contributed by atoms with E-state index in [0.717, 1.165) is 19.5 Å². The smallest absolute Gasteiger partial charge is 0.107 e. The molecule has 0 fully saturated rings. The molecule has 0 heterocycles. The predicted molar refractivity (Wildman–Crippen MR) is 42.8 cm³/mol. The van der Waals surface area contributed by atoms with Crippen LogP contribution in [0.15, 0.2) is 0 Å². The van der Waals surface area contributed by atoms with Crippen LogP contribution in [-0.2, 0) is 4.74 Å². The van der Waals surface area contributed by atoms with Gasteiger partial charge in [-0.2, -0.15) is 0 Å². The van der Waals surface area contributed by atoms with Crippen LogP contribution in [0, 0.1) is 12.3 Å². The molecule has 0 aliphatic heterocycles. The highest BCUT2D eigenvalue weighted by molar-refractivity contribution is 4.82. The Labute approximate surface area is 63.0 Å². The fraction of sp³-hybridized carbons (Fsp3) is 0.750. The highest BCUT2D eigenvalue weighted by Crippen LogP contribution is 1.72. The monoisotopic (exact) mass is 141 g/mol. The number of hydrogen-bond donors (Lipinski definition) is 1. The molecule has 0 aliphatic rings. The maximum Gasteiger partial charge on any atom is 0.107 e. The van der Waals surface area contributed by atoms with Gasteiger partial charge in [0.05, 0.1) is 6.61 Å². The van der Waals surface area contributed by atoms with Gasteiger partial charge in [0.2, 0.25) is 0 Å². The third-order valence-electron chi connectivity index (χ3n) is 1.04. The van der Waals surface area contributed by atoms with E-state index in [-0.39, 0.29) is 0 Å². The van der Waals surface area contributed by atoms with E-state index in [2.05, 4.69) is 18.2 Å². The molecule has 0 atom stereocenters. The topological polar surface area (TPSA) is 21.3 Å².